The van der Waals surface area contributed by atoms with Crippen LogP contribution in [-0.4, -0.2) is 27.7 Å². The molecule has 0 radical (unpaired) electrons. The number of rotatable bonds is 7. The van der Waals surface area contributed by atoms with Crippen molar-refractivity contribution in [2.45, 2.75) is 4.90 Å². The summed E-state index contributed by atoms with van der Waals surface area (Å²) in [5.41, 5.74) is 0.942. The van der Waals surface area contributed by atoms with Gasteiger partial charge in [-0.3, -0.25) is 9.52 Å². The van der Waals surface area contributed by atoms with Crippen molar-refractivity contribution in [3.63, 3.8) is 0 Å². The molecular weight excluding hydrogens is 444 g/mol. The number of hydrogen-bond acceptors (Lipinski definition) is 6. The molecule has 0 unspecified atom stereocenters. The van der Waals surface area contributed by atoms with Gasteiger partial charge in [0.25, 0.3) is 15.9 Å². The van der Waals surface area contributed by atoms with Crippen LogP contribution in [0.4, 0.5) is 11.4 Å². The molecule has 1 aliphatic heterocycles. The second-order valence-electron chi connectivity index (χ2n) is 6.49. The third-order valence-corrected chi connectivity index (χ3v) is 5.91. The van der Waals surface area contributed by atoms with Crippen molar-refractivity contribution in [3.8, 4) is 17.2 Å². The molecule has 0 saturated heterocycles. The fourth-order valence-corrected chi connectivity index (χ4v) is 3.95. The Morgan fingerprint density at radius 3 is 2.35 bits per heavy atom. The molecule has 0 aromatic heterocycles. The molecule has 1 heterocycles. The lowest BCUT2D eigenvalue weighted by molar-refractivity contribution is -0.118. The zero-order valence-corrected chi connectivity index (χ0v) is 17.6. The Bertz CT molecular complexity index is 1200. The molecule has 1 aliphatic rings. The van der Waals surface area contributed by atoms with Crippen molar-refractivity contribution in [1.82, 2.24) is 0 Å². The van der Waals surface area contributed by atoms with Gasteiger partial charge in [-0.15, -0.1) is 0 Å². The largest absolute Gasteiger partial charge is 0.484 e. The molecular formula is C21H17ClN2O6S. The van der Waals surface area contributed by atoms with Crippen LogP contribution >= 0.6 is 11.6 Å². The molecule has 10 heteroatoms. The van der Waals surface area contributed by atoms with Gasteiger partial charge in [-0.1, -0.05) is 11.6 Å². The van der Waals surface area contributed by atoms with E-state index in [-0.39, 0.29) is 24.2 Å². The van der Waals surface area contributed by atoms with Crippen LogP contribution < -0.4 is 24.2 Å². The Morgan fingerprint density at radius 2 is 1.61 bits per heavy atom. The number of fused-ring (bicyclic) bond motifs is 1. The fraction of sp³-hybridized carbons (Fsp3) is 0.0952. The highest BCUT2D eigenvalue weighted by atomic mass is 35.5. The minimum Gasteiger partial charge on any atom is -0.484 e. The average molecular weight is 461 g/mol. The summed E-state index contributed by atoms with van der Waals surface area (Å²) in [6, 6.07) is 17.1. The number of benzene rings is 3. The highest BCUT2D eigenvalue weighted by Gasteiger charge is 2.16. The summed E-state index contributed by atoms with van der Waals surface area (Å²) in [6.45, 7) is -0.0969. The highest BCUT2D eigenvalue weighted by molar-refractivity contribution is 7.92. The summed E-state index contributed by atoms with van der Waals surface area (Å²) in [6.07, 6.45) is 0. The lowest BCUT2D eigenvalue weighted by Crippen LogP contribution is -2.20. The number of amides is 1. The van der Waals surface area contributed by atoms with Gasteiger partial charge in [-0.05, 0) is 60.7 Å². The number of nitrogens with one attached hydrogen (secondary N) is 2. The van der Waals surface area contributed by atoms with Crippen LogP contribution in [0.15, 0.2) is 71.6 Å². The van der Waals surface area contributed by atoms with Crippen molar-refractivity contribution in [2.24, 2.45) is 0 Å². The Balaban J connectivity index is 1.32. The first kappa shape index (κ1) is 20.8. The van der Waals surface area contributed by atoms with Crippen molar-refractivity contribution in [2.75, 3.05) is 23.4 Å². The molecule has 0 bridgehead atoms. The van der Waals surface area contributed by atoms with E-state index in [0.717, 1.165) is 0 Å². The monoisotopic (exact) mass is 460 g/mol. The molecule has 0 spiro atoms. The number of anilines is 2. The second kappa shape index (κ2) is 8.75. The first-order chi connectivity index (χ1) is 14.9. The van der Waals surface area contributed by atoms with Crippen LogP contribution in [-0.2, 0) is 14.8 Å². The lowest BCUT2D eigenvalue weighted by atomic mass is 10.3. The minimum absolute atomic E-state index is 0.0552. The normalized spacial score (nSPS) is 12.3. The van der Waals surface area contributed by atoms with E-state index in [1.165, 1.54) is 24.3 Å². The highest BCUT2D eigenvalue weighted by Crippen LogP contribution is 2.34. The number of carbonyl (C=O) groups excluding carboxylic acids is 1. The van der Waals surface area contributed by atoms with Gasteiger partial charge in [0.15, 0.2) is 18.1 Å². The maximum absolute atomic E-state index is 12.5. The van der Waals surface area contributed by atoms with Crippen LogP contribution in [0.25, 0.3) is 0 Å². The van der Waals surface area contributed by atoms with Crippen molar-refractivity contribution < 1.29 is 27.4 Å². The Labute approximate surface area is 183 Å². The summed E-state index contributed by atoms with van der Waals surface area (Å²) < 4.78 is 43.3. The van der Waals surface area contributed by atoms with Gasteiger partial charge < -0.3 is 19.5 Å². The zero-order chi connectivity index (χ0) is 21.8. The van der Waals surface area contributed by atoms with E-state index in [2.05, 4.69) is 10.0 Å². The quantitative estimate of drug-likeness (QED) is 0.554. The molecule has 8 nitrogen and oxygen atoms in total. The van der Waals surface area contributed by atoms with Gasteiger partial charge in [-0.25, -0.2) is 8.42 Å². The second-order valence-corrected chi connectivity index (χ2v) is 8.61. The van der Waals surface area contributed by atoms with Crippen LogP contribution in [0.3, 0.4) is 0 Å². The summed E-state index contributed by atoms with van der Waals surface area (Å²) >= 11 is 5.81. The van der Waals surface area contributed by atoms with E-state index in [1.807, 2.05) is 0 Å². The SMILES string of the molecule is O=C(COc1ccc(S(=O)(=O)Nc2ccc(Cl)cc2)cc1)Nc1ccc2c(c1)OCO2. The minimum atomic E-state index is -3.77. The van der Waals surface area contributed by atoms with Crippen molar-refractivity contribution in [3.05, 3.63) is 71.8 Å². The number of carbonyl (C=O) groups is 1. The van der Waals surface area contributed by atoms with Gasteiger partial charge >= 0.3 is 0 Å². The van der Waals surface area contributed by atoms with Gasteiger partial charge in [-0.2, -0.15) is 0 Å². The van der Waals surface area contributed by atoms with Gasteiger partial charge in [0.2, 0.25) is 6.79 Å². The third-order valence-electron chi connectivity index (χ3n) is 4.26. The number of hydrogen-bond donors (Lipinski definition) is 2. The number of halogens is 1. The molecule has 2 N–H and O–H groups in total. The molecule has 0 atom stereocenters. The fourth-order valence-electron chi connectivity index (χ4n) is 2.77. The summed E-state index contributed by atoms with van der Waals surface area (Å²) in [5.74, 6) is 1.16. The van der Waals surface area contributed by atoms with Crippen LogP contribution in [0.5, 0.6) is 17.2 Å². The standard InChI is InChI=1S/C21H17ClN2O6S/c22-14-1-3-15(4-2-14)24-31(26,27)18-8-6-17(7-9-18)28-12-21(25)23-16-5-10-19-20(11-16)30-13-29-19/h1-11,24H,12-13H2,(H,23,25). The first-order valence-corrected chi connectivity index (χ1v) is 11.0. The van der Waals surface area contributed by atoms with Gasteiger partial charge in [0.1, 0.15) is 5.75 Å². The van der Waals surface area contributed by atoms with E-state index in [9.17, 15) is 13.2 Å². The average Bonchev–Trinajstić information content (AvgIpc) is 3.22. The van der Waals surface area contributed by atoms with Crippen LogP contribution in [0.2, 0.25) is 5.02 Å². The van der Waals surface area contributed by atoms with E-state index >= 15 is 0 Å². The maximum atomic E-state index is 12.5. The summed E-state index contributed by atoms with van der Waals surface area (Å²) in [7, 11) is -3.77. The molecule has 3 aromatic rings. The van der Waals surface area contributed by atoms with Gasteiger partial charge in [0.05, 0.1) is 4.90 Å². The van der Waals surface area contributed by atoms with E-state index < -0.39 is 10.0 Å². The van der Waals surface area contributed by atoms with Crippen LogP contribution in [0.1, 0.15) is 0 Å². The Kier molecular flexibility index (Phi) is 5.88. The van der Waals surface area contributed by atoms with E-state index in [4.69, 9.17) is 25.8 Å². The number of ether oxygens (including phenoxy) is 3. The zero-order valence-electron chi connectivity index (χ0n) is 16.0. The Morgan fingerprint density at radius 1 is 0.935 bits per heavy atom. The van der Waals surface area contributed by atoms with E-state index in [1.54, 1.807) is 42.5 Å². The smallest absolute Gasteiger partial charge is 0.262 e. The summed E-state index contributed by atoms with van der Waals surface area (Å²) in [5, 5.41) is 3.20. The van der Waals surface area contributed by atoms with Crippen molar-refractivity contribution >= 4 is 38.9 Å². The predicted molar refractivity (Wildman–Crippen MR) is 115 cm³/mol. The molecule has 0 saturated carbocycles. The molecule has 0 aliphatic carbocycles. The molecule has 3 aromatic carbocycles. The third kappa shape index (κ3) is 5.19. The van der Waals surface area contributed by atoms with Crippen molar-refractivity contribution in [1.29, 1.82) is 0 Å². The summed E-state index contributed by atoms with van der Waals surface area (Å²) in [4.78, 5) is 12.2. The number of sulfonamides is 1. The lowest BCUT2D eigenvalue weighted by Gasteiger charge is -2.10. The molecule has 160 valence electrons. The maximum Gasteiger partial charge on any atom is 0.262 e. The topological polar surface area (TPSA) is 103 Å². The first-order valence-electron chi connectivity index (χ1n) is 9.10. The van der Waals surface area contributed by atoms with Crippen LogP contribution in [0, 0.1) is 0 Å². The Hall–Kier alpha value is -3.43. The van der Waals surface area contributed by atoms with E-state index in [0.29, 0.717) is 33.6 Å². The molecule has 0 fully saturated rings. The molecule has 1 amide bonds. The molecule has 31 heavy (non-hydrogen) atoms. The predicted octanol–water partition coefficient (Wildman–Crippen LogP) is 3.89. The van der Waals surface area contributed by atoms with Gasteiger partial charge in [0, 0.05) is 22.5 Å². The molecule has 4 rings (SSSR count).